The number of carbonyl (C=O) groups excluding carboxylic acids is 1. The molecule has 0 aliphatic carbocycles. The molecule has 2 nitrogen and oxygen atoms in total. The monoisotopic (exact) mass is 172 g/mol. The van der Waals surface area contributed by atoms with Gasteiger partial charge in [-0.3, -0.25) is 0 Å². The topological polar surface area (TPSA) is 26.3 Å². The summed E-state index contributed by atoms with van der Waals surface area (Å²) in [4.78, 5) is 10.9. The Bertz CT molecular complexity index is 167. The molecule has 0 saturated carbocycles. The van der Waals surface area contributed by atoms with Crippen molar-refractivity contribution in [3.8, 4) is 0 Å². The van der Waals surface area contributed by atoms with E-state index in [-0.39, 0.29) is 5.97 Å². The van der Waals surface area contributed by atoms with Gasteiger partial charge >= 0.3 is 5.97 Å². The Morgan fingerprint density at radius 2 is 2.64 bits per heavy atom. The molecule has 1 aliphatic rings. The molecule has 1 heterocycles. The van der Waals surface area contributed by atoms with Crippen LogP contribution in [0.25, 0.3) is 0 Å². The second-order valence-electron chi connectivity index (χ2n) is 2.36. The van der Waals surface area contributed by atoms with Crippen molar-refractivity contribution in [2.45, 2.75) is 13.3 Å². The van der Waals surface area contributed by atoms with Gasteiger partial charge < -0.3 is 4.74 Å². The molecule has 1 rings (SSSR count). The Morgan fingerprint density at radius 1 is 1.82 bits per heavy atom. The van der Waals surface area contributed by atoms with Crippen LogP contribution in [0.5, 0.6) is 0 Å². The third-order valence-electron chi connectivity index (χ3n) is 1.46. The van der Waals surface area contributed by atoms with E-state index in [1.54, 1.807) is 6.08 Å². The van der Waals surface area contributed by atoms with Crippen LogP contribution < -0.4 is 0 Å². The highest BCUT2D eigenvalue weighted by Crippen LogP contribution is 2.22. The molecule has 0 radical (unpaired) electrons. The number of ether oxygens (including phenoxy) is 1. The molecule has 11 heavy (non-hydrogen) atoms. The molecule has 3 heteroatoms. The molecule has 0 N–H and O–H groups in total. The Morgan fingerprint density at radius 3 is 3.18 bits per heavy atom. The van der Waals surface area contributed by atoms with Crippen molar-refractivity contribution in [1.82, 2.24) is 0 Å². The largest absolute Gasteiger partial charge is 0.463 e. The van der Waals surface area contributed by atoms with Crippen LogP contribution in [-0.2, 0) is 9.53 Å². The lowest BCUT2D eigenvalue weighted by atomic mass is 10.2. The van der Waals surface area contributed by atoms with E-state index in [0.29, 0.717) is 6.61 Å². The third-order valence-corrected chi connectivity index (χ3v) is 2.53. The molecule has 0 amide bonds. The minimum atomic E-state index is -0.190. The van der Waals surface area contributed by atoms with Gasteiger partial charge in [0.1, 0.15) is 0 Å². The van der Waals surface area contributed by atoms with Gasteiger partial charge in [0.2, 0.25) is 0 Å². The first-order valence-corrected chi connectivity index (χ1v) is 4.92. The molecular formula is C8H12O2S. The molecule has 62 valence electrons. The Kier molecular flexibility index (Phi) is 3.49. The van der Waals surface area contributed by atoms with Crippen LogP contribution in [0, 0.1) is 0 Å². The van der Waals surface area contributed by atoms with Crippen LogP contribution in [0.3, 0.4) is 0 Å². The van der Waals surface area contributed by atoms with E-state index in [9.17, 15) is 4.79 Å². The van der Waals surface area contributed by atoms with Gasteiger partial charge in [-0.1, -0.05) is 5.57 Å². The SMILES string of the molecule is CCOC(=O)C=C1CCSC1. The molecule has 1 fully saturated rings. The van der Waals surface area contributed by atoms with Crippen LogP contribution >= 0.6 is 11.8 Å². The van der Waals surface area contributed by atoms with Gasteiger partial charge in [-0.25, -0.2) is 4.79 Å². The predicted octanol–water partition coefficient (Wildman–Crippen LogP) is 1.61. The molecule has 0 spiro atoms. The van der Waals surface area contributed by atoms with E-state index in [0.717, 1.165) is 17.9 Å². The van der Waals surface area contributed by atoms with E-state index >= 15 is 0 Å². The zero-order chi connectivity index (χ0) is 8.10. The van der Waals surface area contributed by atoms with Crippen molar-refractivity contribution in [2.24, 2.45) is 0 Å². The lowest BCUT2D eigenvalue weighted by Gasteiger charge is -1.96. The highest BCUT2D eigenvalue weighted by molar-refractivity contribution is 7.99. The summed E-state index contributed by atoms with van der Waals surface area (Å²) in [6.45, 7) is 2.29. The van der Waals surface area contributed by atoms with E-state index in [1.165, 1.54) is 5.57 Å². The van der Waals surface area contributed by atoms with Gasteiger partial charge in [0.15, 0.2) is 0 Å². The highest BCUT2D eigenvalue weighted by Gasteiger charge is 2.08. The zero-order valence-corrected chi connectivity index (χ0v) is 7.45. The fraction of sp³-hybridized carbons (Fsp3) is 0.625. The molecule has 0 unspecified atom stereocenters. The van der Waals surface area contributed by atoms with Crippen LogP contribution in [-0.4, -0.2) is 24.1 Å². The third kappa shape index (κ3) is 2.97. The van der Waals surface area contributed by atoms with Gasteiger partial charge in [-0.05, 0) is 19.1 Å². The van der Waals surface area contributed by atoms with Gasteiger partial charge in [0.05, 0.1) is 6.61 Å². The quantitative estimate of drug-likeness (QED) is 0.467. The maximum atomic E-state index is 10.9. The average Bonchev–Trinajstić information content (AvgIpc) is 2.40. The molecule has 0 aromatic rings. The first-order valence-electron chi connectivity index (χ1n) is 3.77. The maximum Gasteiger partial charge on any atom is 0.330 e. The summed E-state index contributed by atoms with van der Waals surface area (Å²) in [5.41, 5.74) is 1.22. The van der Waals surface area contributed by atoms with Crippen molar-refractivity contribution < 1.29 is 9.53 Å². The first-order chi connectivity index (χ1) is 5.33. The van der Waals surface area contributed by atoms with E-state index in [4.69, 9.17) is 4.74 Å². The minimum absolute atomic E-state index is 0.190. The average molecular weight is 172 g/mol. The van der Waals surface area contributed by atoms with Crippen molar-refractivity contribution in [2.75, 3.05) is 18.1 Å². The summed E-state index contributed by atoms with van der Waals surface area (Å²) in [7, 11) is 0. The van der Waals surface area contributed by atoms with Crippen molar-refractivity contribution in [3.63, 3.8) is 0 Å². The van der Waals surface area contributed by atoms with Crippen molar-refractivity contribution in [1.29, 1.82) is 0 Å². The van der Waals surface area contributed by atoms with E-state index in [1.807, 2.05) is 18.7 Å². The maximum absolute atomic E-state index is 10.9. The van der Waals surface area contributed by atoms with E-state index < -0.39 is 0 Å². The Labute approximate surface area is 71.0 Å². The zero-order valence-electron chi connectivity index (χ0n) is 6.63. The van der Waals surface area contributed by atoms with Crippen molar-refractivity contribution >= 4 is 17.7 Å². The fourth-order valence-electron chi connectivity index (χ4n) is 0.943. The number of rotatable bonds is 2. The summed E-state index contributed by atoms with van der Waals surface area (Å²) in [5, 5.41) is 0. The standard InChI is InChI=1S/C8H12O2S/c1-2-10-8(9)5-7-3-4-11-6-7/h5H,2-4,6H2,1H3. The summed E-state index contributed by atoms with van der Waals surface area (Å²) in [6.07, 6.45) is 2.67. The molecular weight excluding hydrogens is 160 g/mol. The number of hydrogen-bond donors (Lipinski definition) is 0. The lowest BCUT2D eigenvalue weighted by Crippen LogP contribution is -2.00. The molecule has 0 bridgehead atoms. The fourth-order valence-corrected chi connectivity index (χ4v) is 1.98. The number of carbonyl (C=O) groups is 1. The number of thioether (sulfide) groups is 1. The van der Waals surface area contributed by atoms with Crippen LogP contribution in [0.15, 0.2) is 11.6 Å². The summed E-state index contributed by atoms with van der Waals surface area (Å²) in [6, 6.07) is 0. The molecule has 0 atom stereocenters. The first kappa shape index (κ1) is 8.65. The smallest absolute Gasteiger partial charge is 0.330 e. The normalized spacial score (nSPS) is 20.6. The van der Waals surface area contributed by atoms with Crippen LogP contribution in [0.1, 0.15) is 13.3 Å². The van der Waals surface area contributed by atoms with Gasteiger partial charge in [-0.2, -0.15) is 11.8 Å². The van der Waals surface area contributed by atoms with E-state index in [2.05, 4.69) is 0 Å². The molecule has 1 aliphatic heterocycles. The Balaban J connectivity index is 2.36. The van der Waals surface area contributed by atoms with Crippen molar-refractivity contribution in [3.05, 3.63) is 11.6 Å². The molecule has 0 aromatic carbocycles. The van der Waals surface area contributed by atoms with Crippen LogP contribution in [0.4, 0.5) is 0 Å². The number of hydrogen-bond acceptors (Lipinski definition) is 3. The molecule has 0 aromatic heterocycles. The van der Waals surface area contributed by atoms with Gasteiger partial charge in [0, 0.05) is 11.8 Å². The highest BCUT2D eigenvalue weighted by atomic mass is 32.2. The Hall–Kier alpha value is -0.440. The second kappa shape index (κ2) is 4.44. The predicted molar refractivity (Wildman–Crippen MR) is 46.7 cm³/mol. The van der Waals surface area contributed by atoms with Crippen LogP contribution in [0.2, 0.25) is 0 Å². The minimum Gasteiger partial charge on any atom is -0.463 e. The number of esters is 1. The summed E-state index contributed by atoms with van der Waals surface area (Å²) >= 11 is 1.87. The van der Waals surface area contributed by atoms with Gasteiger partial charge in [0.25, 0.3) is 0 Å². The lowest BCUT2D eigenvalue weighted by molar-refractivity contribution is -0.137. The second-order valence-corrected chi connectivity index (χ2v) is 3.46. The summed E-state index contributed by atoms with van der Waals surface area (Å²) in [5.74, 6) is 1.95. The molecule has 1 saturated heterocycles. The van der Waals surface area contributed by atoms with Gasteiger partial charge in [-0.15, -0.1) is 0 Å². The summed E-state index contributed by atoms with van der Waals surface area (Å²) < 4.78 is 4.78.